The molecule has 17 heavy (non-hydrogen) atoms. The van der Waals surface area contributed by atoms with E-state index in [9.17, 15) is 8.78 Å². The second kappa shape index (κ2) is 4.85. The molecule has 1 aromatic heterocycles. The van der Waals surface area contributed by atoms with E-state index in [4.69, 9.17) is 21.8 Å². The Morgan fingerprint density at radius 2 is 2.06 bits per heavy atom. The Labute approximate surface area is 102 Å². The van der Waals surface area contributed by atoms with Gasteiger partial charge in [-0.2, -0.15) is 0 Å². The van der Waals surface area contributed by atoms with Crippen LogP contribution in [0.15, 0.2) is 34.9 Å². The maximum atomic E-state index is 13.4. The second-order valence-electron chi connectivity index (χ2n) is 3.70. The first-order valence-corrected chi connectivity index (χ1v) is 5.38. The van der Waals surface area contributed by atoms with Crippen molar-refractivity contribution < 1.29 is 13.2 Å². The van der Waals surface area contributed by atoms with Crippen LogP contribution >= 0.6 is 11.6 Å². The Morgan fingerprint density at radius 3 is 2.71 bits per heavy atom. The molecule has 1 atom stereocenters. The van der Waals surface area contributed by atoms with Crippen LogP contribution in [-0.4, -0.2) is 0 Å². The Hall–Kier alpha value is -1.39. The van der Waals surface area contributed by atoms with Gasteiger partial charge >= 0.3 is 0 Å². The van der Waals surface area contributed by atoms with E-state index in [0.717, 1.165) is 18.2 Å². The van der Waals surface area contributed by atoms with Crippen molar-refractivity contribution in [1.29, 1.82) is 0 Å². The first-order valence-electron chi connectivity index (χ1n) is 5.00. The molecule has 2 nitrogen and oxygen atoms in total. The van der Waals surface area contributed by atoms with Crippen LogP contribution in [0, 0.1) is 11.6 Å². The lowest BCUT2D eigenvalue weighted by atomic mass is 10.0. The summed E-state index contributed by atoms with van der Waals surface area (Å²) >= 11 is 5.76. The smallest absolute Gasteiger partial charge is 0.197 e. The summed E-state index contributed by atoms with van der Waals surface area (Å²) in [4.78, 5) is 0. The van der Waals surface area contributed by atoms with Crippen molar-refractivity contribution in [2.45, 2.75) is 12.5 Å². The molecule has 0 spiro atoms. The van der Waals surface area contributed by atoms with Crippen LogP contribution in [-0.2, 0) is 6.42 Å². The molecule has 0 amide bonds. The van der Waals surface area contributed by atoms with Gasteiger partial charge in [0.1, 0.15) is 11.6 Å². The van der Waals surface area contributed by atoms with Gasteiger partial charge in [-0.25, -0.2) is 8.78 Å². The maximum absolute atomic E-state index is 13.4. The molecule has 2 rings (SSSR count). The average molecular weight is 258 g/mol. The highest BCUT2D eigenvalue weighted by Gasteiger charge is 2.15. The summed E-state index contributed by atoms with van der Waals surface area (Å²) in [5, 5.41) is 0.175. The van der Waals surface area contributed by atoms with Gasteiger partial charge < -0.3 is 10.2 Å². The second-order valence-corrected chi connectivity index (χ2v) is 4.04. The summed E-state index contributed by atoms with van der Waals surface area (Å²) in [6, 6.07) is 4.36. The van der Waals surface area contributed by atoms with E-state index in [0.29, 0.717) is 5.56 Å². The standard InChI is InChI=1S/C12H10ClF2NO/c13-12-9(3-4-17-12)11(16)6-7-5-8(14)1-2-10(7)15/h1-5,11H,6,16H2. The Bertz CT molecular complexity index is 527. The number of hydrogen-bond acceptors (Lipinski definition) is 2. The lowest BCUT2D eigenvalue weighted by molar-refractivity contribution is 0.554. The normalized spacial score (nSPS) is 12.7. The zero-order valence-electron chi connectivity index (χ0n) is 8.79. The number of halogens is 3. The lowest BCUT2D eigenvalue weighted by Gasteiger charge is -2.10. The largest absolute Gasteiger partial charge is 0.453 e. The molecule has 0 fully saturated rings. The Morgan fingerprint density at radius 1 is 1.29 bits per heavy atom. The van der Waals surface area contributed by atoms with Crippen molar-refractivity contribution in [1.82, 2.24) is 0 Å². The zero-order chi connectivity index (χ0) is 12.4. The minimum Gasteiger partial charge on any atom is -0.453 e. The molecule has 1 unspecified atom stereocenters. The molecule has 0 saturated heterocycles. The van der Waals surface area contributed by atoms with Crippen molar-refractivity contribution in [3.8, 4) is 0 Å². The molecule has 0 bridgehead atoms. The topological polar surface area (TPSA) is 39.2 Å². The zero-order valence-corrected chi connectivity index (χ0v) is 9.55. The van der Waals surface area contributed by atoms with Crippen molar-refractivity contribution >= 4 is 11.6 Å². The van der Waals surface area contributed by atoms with Gasteiger partial charge in [0, 0.05) is 11.6 Å². The van der Waals surface area contributed by atoms with Gasteiger partial charge in [0.25, 0.3) is 0 Å². The minimum atomic E-state index is -0.530. The van der Waals surface area contributed by atoms with Crippen LogP contribution in [0.4, 0.5) is 8.78 Å². The van der Waals surface area contributed by atoms with E-state index >= 15 is 0 Å². The molecular weight excluding hydrogens is 248 g/mol. The quantitative estimate of drug-likeness (QED) is 0.915. The Balaban J connectivity index is 2.21. The Kier molecular flexibility index (Phi) is 3.45. The van der Waals surface area contributed by atoms with E-state index in [1.165, 1.54) is 6.26 Å². The summed E-state index contributed by atoms with van der Waals surface area (Å²) in [6.45, 7) is 0. The SMILES string of the molecule is NC(Cc1cc(F)ccc1F)c1ccoc1Cl. The van der Waals surface area contributed by atoms with E-state index in [1.807, 2.05) is 0 Å². The van der Waals surface area contributed by atoms with Crippen LogP contribution < -0.4 is 5.73 Å². The fourth-order valence-corrected chi connectivity index (χ4v) is 1.87. The fourth-order valence-electron chi connectivity index (χ4n) is 1.62. The molecular formula is C12H10ClF2NO. The highest BCUT2D eigenvalue weighted by Crippen LogP contribution is 2.25. The molecule has 2 aromatic rings. The highest BCUT2D eigenvalue weighted by atomic mass is 35.5. The van der Waals surface area contributed by atoms with Crippen LogP contribution in [0.25, 0.3) is 0 Å². The molecule has 0 aliphatic heterocycles. The van der Waals surface area contributed by atoms with Crippen molar-refractivity contribution in [3.63, 3.8) is 0 Å². The molecule has 1 heterocycles. The van der Waals surface area contributed by atoms with Crippen molar-refractivity contribution in [2.75, 3.05) is 0 Å². The van der Waals surface area contributed by atoms with Crippen LogP contribution in [0.3, 0.4) is 0 Å². The lowest BCUT2D eigenvalue weighted by Crippen LogP contribution is -2.14. The summed E-state index contributed by atoms with van der Waals surface area (Å²) < 4.78 is 31.3. The van der Waals surface area contributed by atoms with E-state index in [2.05, 4.69) is 0 Å². The van der Waals surface area contributed by atoms with Crippen LogP contribution in [0.2, 0.25) is 5.22 Å². The van der Waals surface area contributed by atoms with Gasteiger partial charge in [-0.1, -0.05) is 0 Å². The van der Waals surface area contributed by atoms with Crippen LogP contribution in [0.5, 0.6) is 0 Å². The van der Waals surface area contributed by atoms with Gasteiger partial charge in [-0.05, 0) is 47.9 Å². The van der Waals surface area contributed by atoms with Gasteiger partial charge in [0.05, 0.1) is 6.26 Å². The fraction of sp³-hybridized carbons (Fsp3) is 0.167. The molecule has 5 heteroatoms. The molecule has 1 aromatic carbocycles. The highest BCUT2D eigenvalue weighted by molar-refractivity contribution is 6.29. The number of nitrogens with two attached hydrogens (primary N) is 1. The molecule has 0 aliphatic rings. The van der Waals surface area contributed by atoms with Crippen molar-refractivity contribution in [3.05, 3.63) is 58.5 Å². The molecule has 0 radical (unpaired) electrons. The minimum absolute atomic E-state index is 0.156. The monoisotopic (exact) mass is 257 g/mol. The average Bonchev–Trinajstić information content (AvgIpc) is 2.70. The number of benzene rings is 1. The predicted molar refractivity (Wildman–Crippen MR) is 60.7 cm³/mol. The maximum Gasteiger partial charge on any atom is 0.197 e. The summed E-state index contributed by atoms with van der Waals surface area (Å²) in [6.07, 6.45) is 1.56. The van der Waals surface area contributed by atoms with Gasteiger partial charge in [0.15, 0.2) is 5.22 Å². The summed E-state index contributed by atoms with van der Waals surface area (Å²) in [7, 11) is 0. The van der Waals surface area contributed by atoms with Gasteiger partial charge in [-0.15, -0.1) is 0 Å². The van der Waals surface area contributed by atoms with Gasteiger partial charge in [0.2, 0.25) is 0 Å². The number of furan rings is 1. The third kappa shape index (κ3) is 2.65. The van der Waals surface area contributed by atoms with Crippen molar-refractivity contribution in [2.24, 2.45) is 5.73 Å². The molecule has 0 saturated carbocycles. The first kappa shape index (κ1) is 12.1. The summed E-state index contributed by atoms with van der Waals surface area (Å²) in [5.41, 5.74) is 6.65. The number of hydrogen-bond donors (Lipinski definition) is 1. The first-order chi connectivity index (χ1) is 8.08. The third-order valence-corrected chi connectivity index (χ3v) is 2.80. The van der Waals surface area contributed by atoms with Crippen LogP contribution in [0.1, 0.15) is 17.2 Å². The molecule has 2 N–H and O–H groups in total. The molecule has 0 aliphatic carbocycles. The predicted octanol–water partition coefficient (Wildman–Crippen LogP) is 3.45. The van der Waals surface area contributed by atoms with E-state index in [1.54, 1.807) is 6.07 Å². The van der Waals surface area contributed by atoms with E-state index in [-0.39, 0.29) is 17.2 Å². The number of rotatable bonds is 3. The van der Waals surface area contributed by atoms with Gasteiger partial charge in [-0.3, -0.25) is 0 Å². The summed E-state index contributed by atoms with van der Waals surface area (Å²) in [5.74, 6) is -0.978. The molecule has 90 valence electrons. The van der Waals surface area contributed by atoms with E-state index < -0.39 is 17.7 Å². The third-order valence-electron chi connectivity index (χ3n) is 2.49.